The zero-order chi connectivity index (χ0) is 25.3. The first kappa shape index (κ1) is 24.8. The highest BCUT2D eigenvalue weighted by Gasteiger charge is 2.27. The molecule has 1 atom stereocenters. The number of hydrogen-bond acceptors (Lipinski definition) is 6. The van der Waals surface area contributed by atoms with Crippen LogP contribution in [0.1, 0.15) is 19.4 Å². The van der Waals surface area contributed by atoms with E-state index in [9.17, 15) is 9.50 Å². The van der Waals surface area contributed by atoms with Crippen molar-refractivity contribution in [2.24, 2.45) is 11.7 Å². The van der Waals surface area contributed by atoms with Gasteiger partial charge in [0.2, 0.25) is 0 Å². The SMILES string of the molecule is CC(C)C1CN(c2ccc(-c3cnc(N)c(-c4cc(CCN)c(O)cc4F)c3)c(F)c2F)CCO1. The number of nitrogens with two attached hydrogens (primary N) is 2. The van der Waals surface area contributed by atoms with Crippen LogP contribution in [0.2, 0.25) is 0 Å². The molecule has 1 aliphatic rings. The summed E-state index contributed by atoms with van der Waals surface area (Å²) in [5.74, 6) is -2.67. The molecule has 4 rings (SSSR count). The van der Waals surface area contributed by atoms with Gasteiger partial charge < -0.3 is 26.2 Å². The lowest BCUT2D eigenvalue weighted by molar-refractivity contribution is 0.0112. The predicted molar refractivity (Wildman–Crippen MR) is 131 cm³/mol. The van der Waals surface area contributed by atoms with E-state index in [1.807, 2.05) is 13.8 Å². The molecular formula is C26H29F3N4O2. The van der Waals surface area contributed by atoms with Gasteiger partial charge in [-0.05, 0) is 48.7 Å². The molecule has 186 valence electrons. The molecule has 2 heterocycles. The third kappa shape index (κ3) is 4.92. The topological polar surface area (TPSA) is 97.6 Å². The first-order chi connectivity index (χ1) is 16.7. The lowest BCUT2D eigenvalue weighted by Crippen LogP contribution is -2.45. The number of halogens is 3. The summed E-state index contributed by atoms with van der Waals surface area (Å²) in [4.78, 5) is 5.88. The van der Waals surface area contributed by atoms with Gasteiger partial charge in [0.15, 0.2) is 11.6 Å². The van der Waals surface area contributed by atoms with Gasteiger partial charge in [-0.25, -0.2) is 18.2 Å². The Bertz CT molecular complexity index is 1240. The molecule has 0 spiro atoms. The van der Waals surface area contributed by atoms with Crippen molar-refractivity contribution >= 4 is 11.5 Å². The van der Waals surface area contributed by atoms with Crippen molar-refractivity contribution in [3.8, 4) is 28.0 Å². The molecule has 6 nitrogen and oxygen atoms in total. The van der Waals surface area contributed by atoms with Gasteiger partial charge in [0.05, 0.1) is 18.4 Å². The second-order valence-corrected chi connectivity index (χ2v) is 9.02. The van der Waals surface area contributed by atoms with Gasteiger partial charge in [0, 0.05) is 47.6 Å². The van der Waals surface area contributed by atoms with E-state index in [-0.39, 0.29) is 58.1 Å². The molecule has 0 radical (unpaired) electrons. The average Bonchev–Trinajstić information content (AvgIpc) is 2.83. The zero-order valence-electron chi connectivity index (χ0n) is 19.7. The van der Waals surface area contributed by atoms with Crippen LogP contribution in [0.15, 0.2) is 36.5 Å². The van der Waals surface area contributed by atoms with E-state index >= 15 is 8.78 Å². The Kier molecular flexibility index (Phi) is 7.18. The number of nitrogens with zero attached hydrogens (tertiary/aromatic N) is 2. The highest BCUT2D eigenvalue weighted by Crippen LogP contribution is 2.37. The fourth-order valence-corrected chi connectivity index (χ4v) is 4.31. The van der Waals surface area contributed by atoms with Crippen LogP contribution < -0.4 is 16.4 Å². The van der Waals surface area contributed by atoms with Crippen LogP contribution in [0, 0.1) is 23.4 Å². The number of hydrogen-bond donors (Lipinski definition) is 3. The van der Waals surface area contributed by atoms with Crippen molar-refractivity contribution in [3.63, 3.8) is 0 Å². The van der Waals surface area contributed by atoms with Crippen molar-refractivity contribution in [2.75, 3.05) is 36.9 Å². The first-order valence-corrected chi connectivity index (χ1v) is 11.5. The minimum atomic E-state index is -1.03. The smallest absolute Gasteiger partial charge is 0.182 e. The molecule has 0 saturated carbocycles. The second-order valence-electron chi connectivity index (χ2n) is 9.02. The van der Waals surface area contributed by atoms with Crippen LogP contribution in [-0.4, -0.2) is 42.4 Å². The molecule has 1 saturated heterocycles. The number of benzene rings is 2. The third-order valence-corrected chi connectivity index (χ3v) is 6.34. The van der Waals surface area contributed by atoms with Crippen molar-refractivity contribution in [2.45, 2.75) is 26.4 Å². The van der Waals surface area contributed by atoms with Crippen LogP contribution in [0.3, 0.4) is 0 Å². The molecule has 0 amide bonds. The monoisotopic (exact) mass is 486 g/mol. The lowest BCUT2D eigenvalue weighted by Gasteiger charge is -2.36. The first-order valence-electron chi connectivity index (χ1n) is 11.5. The Balaban J connectivity index is 1.73. The zero-order valence-corrected chi connectivity index (χ0v) is 19.7. The minimum Gasteiger partial charge on any atom is -0.508 e. The van der Waals surface area contributed by atoms with E-state index in [4.69, 9.17) is 16.2 Å². The van der Waals surface area contributed by atoms with Gasteiger partial charge in [0.25, 0.3) is 0 Å². The third-order valence-electron chi connectivity index (χ3n) is 6.34. The maximum Gasteiger partial charge on any atom is 0.182 e. The minimum absolute atomic E-state index is 0.0163. The van der Waals surface area contributed by atoms with Crippen LogP contribution >= 0.6 is 0 Å². The number of rotatable bonds is 6. The van der Waals surface area contributed by atoms with Crippen molar-refractivity contribution in [3.05, 3.63) is 59.5 Å². The molecule has 9 heteroatoms. The number of anilines is 2. The quantitative estimate of drug-likeness (QED) is 0.475. The van der Waals surface area contributed by atoms with Gasteiger partial charge in [-0.2, -0.15) is 0 Å². The molecule has 0 bridgehead atoms. The van der Waals surface area contributed by atoms with Gasteiger partial charge in [-0.3, -0.25) is 0 Å². The molecule has 35 heavy (non-hydrogen) atoms. The van der Waals surface area contributed by atoms with Gasteiger partial charge >= 0.3 is 0 Å². The Morgan fingerprint density at radius 2 is 1.89 bits per heavy atom. The summed E-state index contributed by atoms with van der Waals surface area (Å²) >= 11 is 0. The maximum absolute atomic E-state index is 15.3. The Labute approximate surface area is 202 Å². The number of pyridine rings is 1. The van der Waals surface area contributed by atoms with Crippen LogP contribution in [0.25, 0.3) is 22.3 Å². The fourth-order valence-electron chi connectivity index (χ4n) is 4.31. The van der Waals surface area contributed by atoms with Crippen LogP contribution in [0.4, 0.5) is 24.7 Å². The molecule has 2 aromatic carbocycles. The summed E-state index contributed by atoms with van der Waals surface area (Å²) < 4.78 is 51.0. The molecule has 1 aromatic heterocycles. The highest BCUT2D eigenvalue weighted by atomic mass is 19.2. The Morgan fingerprint density at radius 3 is 2.60 bits per heavy atom. The van der Waals surface area contributed by atoms with Gasteiger partial charge in [0.1, 0.15) is 17.4 Å². The van der Waals surface area contributed by atoms with Crippen molar-refractivity contribution in [1.82, 2.24) is 4.98 Å². The normalized spacial score (nSPS) is 16.2. The molecule has 3 aromatic rings. The number of aromatic nitrogens is 1. The second kappa shape index (κ2) is 10.1. The summed E-state index contributed by atoms with van der Waals surface area (Å²) in [5.41, 5.74) is 12.7. The van der Waals surface area contributed by atoms with E-state index in [0.717, 1.165) is 6.07 Å². The molecule has 0 aliphatic carbocycles. The number of ether oxygens (including phenoxy) is 1. The molecular weight excluding hydrogens is 457 g/mol. The number of phenols is 1. The summed E-state index contributed by atoms with van der Waals surface area (Å²) in [5, 5.41) is 10.00. The Morgan fingerprint density at radius 1 is 1.11 bits per heavy atom. The number of phenolic OH excluding ortho intramolecular Hbond substituents is 1. The van der Waals surface area contributed by atoms with E-state index < -0.39 is 17.5 Å². The van der Waals surface area contributed by atoms with Crippen LogP contribution in [0.5, 0.6) is 5.75 Å². The Hall–Kier alpha value is -3.30. The number of aromatic hydroxyl groups is 1. The van der Waals surface area contributed by atoms with E-state index in [1.165, 1.54) is 30.5 Å². The summed E-state index contributed by atoms with van der Waals surface area (Å²) in [6.07, 6.45) is 1.57. The summed E-state index contributed by atoms with van der Waals surface area (Å²) in [6.45, 7) is 5.65. The highest BCUT2D eigenvalue weighted by molar-refractivity contribution is 5.81. The van der Waals surface area contributed by atoms with Crippen LogP contribution in [-0.2, 0) is 11.2 Å². The van der Waals surface area contributed by atoms with Crippen molar-refractivity contribution in [1.29, 1.82) is 0 Å². The molecule has 1 aliphatic heterocycles. The summed E-state index contributed by atoms with van der Waals surface area (Å²) in [7, 11) is 0. The van der Waals surface area contributed by atoms with E-state index in [2.05, 4.69) is 4.98 Å². The van der Waals surface area contributed by atoms with E-state index in [1.54, 1.807) is 4.90 Å². The summed E-state index contributed by atoms with van der Waals surface area (Å²) in [6, 6.07) is 6.90. The molecule has 1 unspecified atom stereocenters. The standard InChI is InChI=1S/C26H29F3N4O2/c1-14(2)23-13-33(7-8-35-23)21-4-3-17(24(28)25(21)29)16-10-19(26(31)32-12-16)18-9-15(5-6-30)22(34)11-20(18)27/h3-4,9-12,14,23,34H,5-8,13,30H2,1-2H3,(H2,31,32). The van der Waals surface area contributed by atoms with Gasteiger partial charge in [-0.1, -0.05) is 13.8 Å². The molecule has 5 N–H and O–H groups in total. The largest absolute Gasteiger partial charge is 0.508 e. The average molecular weight is 487 g/mol. The van der Waals surface area contributed by atoms with Gasteiger partial charge in [-0.15, -0.1) is 0 Å². The fraction of sp³-hybridized carbons (Fsp3) is 0.346. The van der Waals surface area contributed by atoms with E-state index in [0.29, 0.717) is 31.7 Å². The lowest BCUT2D eigenvalue weighted by atomic mass is 9.97. The predicted octanol–water partition coefficient (Wildman–Crippen LogP) is 4.48. The van der Waals surface area contributed by atoms with Crippen molar-refractivity contribution < 1.29 is 23.0 Å². The number of nitrogen functional groups attached to an aromatic ring is 1. The number of morpholine rings is 1. The maximum atomic E-state index is 15.3. The molecule has 1 fully saturated rings.